The van der Waals surface area contributed by atoms with Gasteiger partial charge in [-0.2, -0.15) is 0 Å². The van der Waals surface area contributed by atoms with Crippen LogP contribution in [0.15, 0.2) is 23.8 Å². The van der Waals surface area contributed by atoms with E-state index in [1.54, 1.807) is 12.1 Å². The Bertz CT molecular complexity index is 588. The highest BCUT2D eigenvalue weighted by Crippen LogP contribution is 2.43. The number of halogens is 2. The zero-order valence-electron chi connectivity index (χ0n) is 12.7. The Hall–Kier alpha value is -1.45. The maximum absolute atomic E-state index is 11.1. The number of allylic oxidation sites excluding steroid dienone is 4. The summed E-state index contributed by atoms with van der Waals surface area (Å²) in [6.45, 7) is 5.20. The van der Waals surface area contributed by atoms with E-state index in [4.69, 9.17) is 32.7 Å². The number of carbonyl (C=O) groups is 1. The molecule has 21 heavy (non-hydrogen) atoms. The van der Waals surface area contributed by atoms with Gasteiger partial charge in [0.2, 0.25) is 0 Å². The molecule has 0 bridgehead atoms. The highest BCUT2D eigenvalue weighted by Gasteiger charge is 2.18. The molecule has 0 fully saturated rings. The van der Waals surface area contributed by atoms with Gasteiger partial charge < -0.3 is 9.47 Å². The lowest BCUT2D eigenvalue weighted by Crippen LogP contribution is -1.95. The number of benzene rings is 1. The van der Waals surface area contributed by atoms with E-state index in [-0.39, 0.29) is 5.78 Å². The van der Waals surface area contributed by atoms with Crippen molar-refractivity contribution in [3.8, 4) is 11.5 Å². The van der Waals surface area contributed by atoms with Crippen molar-refractivity contribution in [3.05, 3.63) is 39.4 Å². The minimum Gasteiger partial charge on any atom is -0.495 e. The van der Waals surface area contributed by atoms with E-state index in [0.717, 1.165) is 11.1 Å². The molecular formula is C16H18Cl2O3. The molecule has 0 heterocycles. The molecule has 1 aromatic rings. The third kappa shape index (κ3) is 4.26. The molecule has 114 valence electrons. The lowest BCUT2D eigenvalue weighted by molar-refractivity contribution is -0.112. The molecular weight excluding hydrogens is 311 g/mol. The number of methoxy groups -OCH3 is 2. The van der Waals surface area contributed by atoms with Crippen molar-refractivity contribution in [2.75, 3.05) is 14.2 Å². The van der Waals surface area contributed by atoms with E-state index in [1.165, 1.54) is 21.1 Å². The maximum Gasteiger partial charge on any atom is 0.152 e. The van der Waals surface area contributed by atoms with Crippen LogP contribution in [0, 0.1) is 0 Å². The topological polar surface area (TPSA) is 35.5 Å². The summed E-state index contributed by atoms with van der Waals surface area (Å²) in [4.78, 5) is 11.1. The van der Waals surface area contributed by atoms with Crippen LogP contribution in [0.4, 0.5) is 0 Å². The molecule has 3 nitrogen and oxygen atoms in total. The van der Waals surface area contributed by atoms with Crippen LogP contribution in [0.2, 0.25) is 10.0 Å². The minimum absolute atomic E-state index is 0.0167. The number of carbonyl (C=O) groups excluding carboxylic acids is 1. The molecule has 5 heteroatoms. The number of ketones is 1. The highest BCUT2D eigenvalue weighted by atomic mass is 35.5. The van der Waals surface area contributed by atoms with E-state index in [1.807, 2.05) is 19.9 Å². The summed E-state index contributed by atoms with van der Waals surface area (Å²) >= 11 is 12.7. The van der Waals surface area contributed by atoms with E-state index in [9.17, 15) is 4.79 Å². The molecule has 0 radical (unpaired) electrons. The summed E-state index contributed by atoms with van der Waals surface area (Å²) in [6.07, 6.45) is 3.39. The fourth-order valence-electron chi connectivity index (χ4n) is 2.01. The van der Waals surface area contributed by atoms with Gasteiger partial charge in [0.05, 0.1) is 24.3 Å². The van der Waals surface area contributed by atoms with Crippen molar-refractivity contribution in [3.63, 3.8) is 0 Å². The van der Waals surface area contributed by atoms with Crippen LogP contribution in [-0.2, 0) is 4.79 Å². The molecule has 0 aliphatic carbocycles. The van der Waals surface area contributed by atoms with Crippen LogP contribution in [0.25, 0.3) is 5.57 Å². The Morgan fingerprint density at radius 3 is 1.86 bits per heavy atom. The van der Waals surface area contributed by atoms with Gasteiger partial charge in [-0.3, -0.25) is 4.79 Å². The lowest BCUT2D eigenvalue weighted by Gasteiger charge is -2.15. The van der Waals surface area contributed by atoms with Crippen LogP contribution in [0.1, 0.15) is 26.3 Å². The van der Waals surface area contributed by atoms with Crippen molar-refractivity contribution in [1.29, 1.82) is 0 Å². The van der Waals surface area contributed by atoms with Crippen molar-refractivity contribution in [2.24, 2.45) is 0 Å². The second-order valence-electron chi connectivity index (χ2n) is 4.61. The molecule has 0 amide bonds. The minimum atomic E-state index is -0.0167. The average molecular weight is 329 g/mol. The summed E-state index contributed by atoms with van der Waals surface area (Å²) in [7, 11) is 3.05. The molecule has 0 saturated carbocycles. The molecule has 1 rings (SSSR count). The number of hydrogen-bond acceptors (Lipinski definition) is 3. The molecule has 0 spiro atoms. The predicted octanol–water partition coefficient (Wildman–Crippen LogP) is 4.95. The Kier molecular flexibility index (Phi) is 6.31. The van der Waals surface area contributed by atoms with Gasteiger partial charge in [0.25, 0.3) is 0 Å². The second kappa shape index (κ2) is 7.53. The Morgan fingerprint density at radius 1 is 1.00 bits per heavy atom. The first-order chi connectivity index (χ1) is 9.81. The van der Waals surface area contributed by atoms with Crippen LogP contribution < -0.4 is 9.47 Å². The van der Waals surface area contributed by atoms with Crippen molar-refractivity contribution >= 4 is 34.6 Å². The van der Waals surface area contributed by atoms with Crippen LogP contribution in [0.3, 0.4) is 0 Å². The normalized spacial score (nSPS) is 12.3. The van der Waals surface area contributed by atoms with Gasteiger partial charge in [0, 0.05) is 11.6 Å². The molecule has 0 unspecified atom stereocenters. The van der Waals surface area contributed by atoms with Crippen molar-refractivity contribution < 1.29 is 14.3 Å². The number of rotatable bonds is 5. The summed E-state index contributed by atoms with van der Waals surface area (Å²) in [5.41, 5.74) is 2.26. The summed E-state index contributed by atoms with van der Waals surface area (Å²) in [5.74, 6) is 0.944. The predicted molar refractivity (Wildman–Crippen MR) is 87.7 cm³/mol. The third-order valence-electron chi connectivity index (χ3n) is 2.84. The lowest BCUT2D eigenvalue weighted by atomic mass is 10.0. The van der Waals surface area contributed by atoms with Crippen LogP contribution in [0.5, 0.6) is 11.5 Å². The fourth-order valence-corrected chi connectivity index (χ4v) is 2.81. The molecule has 1 aromatic carbocycles. The SMILES string of the molecule is COc1cc(OC)c(Cl)c(/C(C)=C/C(C)=C/C(C)=O)c1Cl. The van der Waals surface area contributed by atoms with Gasteiger partial charge in [-0.25, -0.2) is 0 Å². The van der Waals surface area contributed by atoms with Crippen molar-refractivity contribution in [1.82, 2.24) is 0 Å². The van der Waals surface area contributed by atoms with Crippen LogP contribution >= 0.6 is 23.2 Å². The van der Waals surface area contributed by atoms with Gasteiger partial charge in [-0.05, 0) is 38.0 Å². The second-order valence-corrected chi connectivity index (χ2v) is 5.37. The van der Waals surface area contributed by atoms with Gasteiger partial charge in [0.15, 0.2) is 5.78 Å². The van der Waals surface area contributed by atoms with E-state index >= 15 is 0 Å². The zero-order chi connectivity index (χ0) is 16.2. The average Bonchev–Trinajstić information content (AvgIpc) is 2.38. The van der Waals surface area contributed by atoms with Gasteiger partial charge in [0.1, 0.15) is 11.5 Å². The zero-order valence-corrected chi connectivity index (χ0v) is 14.2. The van der Waals surface area contributed by atoms with Crippen LogP contribution in [-0.4, -0.2) is 20.0 Å². The van der Waals surface area contributed by atoms with Gasteiger partial charge >= 0.3 is 0 Å². The first-order valence-corrected chi connectivity index (χ1v) is 7.04. The Labute approximate surface area is 135 Å². The molecule has 0 N–H and O–H groups in total. The Morgan fingerprint density at radius 2 is 1.48 bits per heavy atom. The number of hydrogen-bond donors (Lipinski definition) is 0. The standard InChI is InChI=1S/C16H18Cl2O3/c1-9(7-11(3)19)6-10(2)14-15(17)12(20-4)8-13(21-5)16(14)18/h6-8H,1-5H3/b9-7+,10-6+. The van der Waals surface area contributed by atoms with Gasteiger partial charge in [-0.15, -0.1) is 0 Å². The fraction of sp³-hybridized carbons (Fsp3) is 0.312. The monoisotopic (exact) mass is 328 g/mol. The van der Waals surface area contributed by atoms with E-state index < -0.39 is 0 Å². The maximum atomic E-state index is 11.1. The van der Waals surface area contributed by atoms with Gasteiger partial charge in [-0.1, -0.05) is 29.3 Å². The largest absolute Gasteiger partial charge is 0.495 e. The molecule has 0 aliphatic rings. The first kappa shape index (κ1) is 17.6. The highest BCUT2D eigenvalue weighted by molar-refractivity contribution is 6.39. The quantitative estimate of drug-likeness (QED) is 0.566. The van der Waals surface area contributed by atoms with Crippen molar-refractivity contribution in [2.45, 2.75) is 20.8 Å². The molecule has 0 saturated heterocycles. The van der Waals surface area contributed by atoms with E-state index in [0.29, 0.717) is 27.1 Å². The summed E-state index contributed by atoms with van der Waals surface area (Å²) < 4.78 is 10.5. The summed E-state index contributed by atoms with van der Waals surface area (Å²) in [5, 5.41) is 0.820. The molecule has 0 aliphatic heterocycles. The molecule has 0 aromatic heterocycles. The smallest absolute Gasteiger partial charge is 0.152 e. The number of ether oxygens (including phenoxy) is 2. The first-order valence-electron chi connectivity index (χ1n) is 6.29. The third-order valence-corrected chi connectivity index (χ3v) is 3.59. The Balaban J connectivity index is 3.48. The van der Waals surface area contributed by atoms with E-state index in [2.05, 4.69) is 0 Å². The molecule has 0 atom stereocenters. The summed E-state index contributed by atoms with van der Waals surface area (Å²) in [6, 6.07) is 1.64.